The molecule has 19 heavy (non-hydrogen) atoms. The molecule has 1 aliphatic heterocycles. The van der Waals surface area contributed by atoms with E-state index in [0.29, 0.717) is 11.9 Å². The monoisotopic (exact) mass is 263 g/mol. The van der Waals surface area contributed by atoms with Gasteiger partial charge in [0.15, 0.2) is 0 Å². The molecule has 3 N–H and O–H groups in total. The summed E-state index contributed by atoms with van der Waals surface area (Å²) >= 11 is 0. The number of aromatic nitrogens is 2. The van der Waals surface area contributed by atoms with Gasteiger partial charge in [-0.3, -0.25) is 9.69 Å². The molecule has 104 valence electrons. The first-order valence-electron chi connectivity index (χ1n) is 6.62. The zero-order valence-electron chi connectivity index (χ0n) is 11.5. The second-order valence-corrected chi connectivity index (χ2v) is 5.10. The summed E-state index contributed by atoms with van der Waals surface area (Å²) in [6, 6.07) is 2.07. The van der Waals surface area contributed by atoms with Crippen molar-refractivity contribution >= 4 is 11.7 Å². The van der Waals surface area contributed by atoms with E-state index < -0.39 is 0 Å². The molecule has 0 aliphatic carbocycles. The summed E-state index contributed by atoms with van der Waals surface area (Å²) in [5, 5.41) is 2.97. The van der Waals surface area contributed by atoms with Crippen molar-refractivity contribution in [2.75, 3.05) is 18.8 Å². The molecule has 1 amide bonds. The maximum atomic E-state index is 11.0. The lowest BCUT2D eigenvalue weighted by atomic mass is 10.1. The van der Waals surface area contributed by atoms with Gasteiger partial charge >= 0.3 is 0 Å². The largest absolute Gasteiger partial charge is 0.384 e. The van der Waals surface area contributed by atoms with Crippen molar-refractivity contribution < 1.29 is 4.79 Å². The summed E-state index contributed by atoms with van der Waals surface area (Å²) in [4.78, 5) is 21.9. The smallest absolute Gasteiger partial charge is 0.217 e. The van der Waals surface area contributed by atoms with E-state index in [1.165, 1.54) is 0 Å². The Morgan fingerprint density at radius 1 is 1.47 bits per heavy atom. The molecule has 0 saturated carbocycles. The van der Waals surface area contributed by atoms with E-state index in [4.69, 9.17) is 5.73 Å². The predicted molar refractivity (Wildman–Crippen MR) is 73.3 cm³/mol. The van der Waals surface area contributed by atoms with Gasteiger partial charge in [-0.15, -0.1) is 0 Å². The summed E-state index contributed by atoms with van der Waals surface area (Å²) in [6.45, 7) is 6.10. The molecule has 1 fully saturated rings. The number of carbonyl (C=O) groups is 1. The maximum absolute atomic E-state index is 11.0. The number of aryl methyl sites for hydroxylation is 1. The van der Waals surface area contributed by atoms with E-state index in [2.05, 4.69) is 20.2 Å². The average molecular weight is 263 g/mol. The molecule has 0 bridgehead atoms. The summed E-state index contributed by atoms with van der Waals surface area (Å²) in [7, 11) is 0. The molecule has 1 saturated heterocycles. The minimum atomic E-state index is 0.0493. The topological polar surface area (TPSA) is 84.1 Å². The van der Waals surface area contributed by atoms with Crippen molar-refractivity contribution in [3.8, 4) is 0 Å². The van der Waals surface area contributed by atoms with Gasteiger partial charge in [-0.05, 0) is 19.8 Å². The van der Waals surface area contributed by atoms with Crippen molar-refractivity contribution in [2.24, 2.45) is 0 Å². The van der Waals surface area contributed by atoms with E-state index in [9.17, 15) is 4.79 Å². The highest BCUT2D eigenvalue weighted by Gasteiger charge is 2.20. The number of nitrogens with one attached hydrogen (secondary N) is 1. The molecule has 6 nitrogen and oxygen atoms in total. The number of amides is 1. The number of likely N-dealkylation sites (tertiary alicyclic amines) is 1. The van der Waals surface area contributed by atoms with Gasteiger partial charge in [0.05, 0.1) is 6.54 Å². The Hall–Kier alpha value is -1.69. The van der Waals surface area contributed by atoms with Crippen LogP contribution < -0.4 is 11.1 Å². The normalized spacial score (nSPS) is 17.4. The van der Waals surface area contributed by atoms with Gasteiger partial charge in [0.25, 0.3) is 0 Å². The molecule has 2 heterocycles. The van der Waals surface area contributed by atoms with Crippen LogP contribution in [0.15, 0.2) is 6.07 Å². The van der Waals surface area contributed by atoms with Gasteiger partial charge in [-0.25, -0.2) is 9.97 Å². The molecule has 1 aliphatic rings. The van der Waals surface area contributed by atoms with Crippen LogP contribution in [0.2, 0.25) is 0 Å². The second-order valence-electron chi connectivity index (χ2n) is 5.10. The van der Waals surface area contributed by atoms with Crippen LogP contribution in [0.5, 0.6) is 0 Å². The molecule has 0 atom stereocenters. The minimum absolute atomic E-state index is 0.0493. The fourth-order valence-electron chi connectivity index (χ4n) is 2.45. The Bertz CT molecular complexity index is 434. The van der Waals surface area contributed by atoms with E-state index >= 15 is 0 Å². The van der Waals surface area contributed by atoms with E-state index in [-0.39, 0.29) is 5.91 Å². The first-order chi connectivity index (χ1) is 9.02. The average Bonchev–Trinajstić information content (AvgIpc) is 2.29. The lowest BCUT2D eigenvalue weighted by Gasteiger charge is -2.31. The summed E-state index contributed by atoms with van der Waals surface area (Å²) in [5.74, 6) is 1.35. The van der Waals surface area contributed by atoms with Crippen LogP contribution in [0.1, 0.15) is 31.3 Å². The number of nitrogen functional groups attached to an aromatic ring is 1. The van der Waals surface area contributed by atoms with Crippen LogP contribution in [-0.2, 0) is 11.3 Å². The van der Waals surface area contributed by atoms with Gasteiger partial charge < -0.3 is 11.1 Å². The molecule has 0 radical (unpaired) electrons. The number of piperidine rings is 1. The number of rotatable bonds is 3. The lowest BCUT2D eigenvalue weighted by Crippen LogP contribution is -2.43. The summed E-state index contributed by atoms with van der Waals surface area (Å²) in [6.07, 6.45) is 1.95. The first kappa shape index (κ1) is 13.7. The Kier molecular flexibility index (Phi) is 4.31. The third kappa shape index (κ3) is 4.17. The summed E-state index contributed by atoms with van der Waals surface area (Å²) < 4.78 is 0. The first-order valence-corrected chi connectivity index (χ1v) is 6.62. The van der Waals surface area contributed by atoms with Crippen LogP contribution >= 0.6 is 0 Å². The minimum Gasteiger partial charge on any atom is -0.384 e. The molecule has 1 aromatic heterocycles. The van der Waals surface area contributed by atoms with Crippen molar-refractivity contribution in [3.05, 3.63) is 17.6 Å². The summed E-state index contributed by atoms with van der Waals surface area (Å²) in [5.41, 5.74) is 6.62. The molecule has 0 spiro atoms. The Morgan fingerprint density at radius 3 is 2.74 bits per heavy atom. The van der Waals surface area contributed by atoms with Gasteiger partial charge in [0.1, 0.15) is 11.6 Å². The van der Waals surface area contributed by atoms with Crippen molar-refractivity contribution in [1.29, 1.82) is 0 Å². The van der Waals surface area contributed by atoms with Crippen LogP contribution in [-0.4, -0.2) is 39.9 Å². The molecular weight excluding hydrogens is 242 g/mol. The standard InChI is InChI=1S/C13H21N5O/c1-9-7-12(14)17-13(15-9)8-18-5-3-11(4-6-18)16-10(2)19/h7,11H,3-6,8H2,1-2H3,(H,16,19)(H2,14,15,17). The van der Waals surface area contributed by atoms with Gasteiger partial charge in [0, 0.05) is 37.8 Å². The molecule has 0 unspecified atom stereocenters. The number of nitrogens with two attached hydrogens (primary N) is 1. The Labute approximate surface area is 113 Å². The number of hydrogen-bond donors (Lipinski definition) is 2. The van der Waals surface area contributed by atoms with Gasteiger partial charge in [-0.2, -0.15) is 0 Å². The van der Waals surface area contributed by atoms with Crippen LogP contribution in [0.4, 0.5) is 5.82 Å². The SMILES string of the molecule is CC(=O)NC1CCN(Cc2nc(C)cc(N)n2)CC1. The highest BCUT2D eigenvalue weighted by atomic mass is 16.1. The maximum Gasteiger partial charge on any atom is 0.217 e. The van der Waals surface area contributed by atoms with Crippen LogP contribution in [0, 0.1) is 6.92 Å². The second kappa shape index (κ2) is 5.97. The van der Waals surface area contributed by atoms with Crippen molar-refractivity contribution in [1.82, 2.24) is 20.2 Å². The third-order valence-electron chi connectivity index (χ3n) is 3.28. The third-order valence-corrected chi connectivity index (χ3v) is 3.28. The van der Waals surface area contributed by atoms with Crippen LogP contribution in [0.25, 0.3) is 0 Å². The highest BCUT2D eigenvalue weighted by molar-refractivity contribution is 5.73. The fourth-order valence-corrected chi connectivity index (χ4v) is 2.45. The van der Waals surface area contributed by atoms with Gasteiger partial charge in [0.2, 0.25) is 5.91 Å². The zero-order valence-corrected chi connectivity index (χ0v) is 11.5. The fraction of sp³-hybridized carbons (Fsp3) is 0.615. The van der Waals surface area contributed by atoms with Crippen LogP contribution in [0.3, 0.4) is 0 Å². The predicted octanol–water partition coefficient (Wildman–Crippen LogP) is 0.468. The Morgan fingerprint density at radius 2 is 2.16 bits per heavy atom. The molecule has 1 aromatic rings. The van der Waals surface area contributed by atoms with Gasteiger partial charge in [-0.1, -0.05) is 0 Å². The van der Waals surface area contributed by atoms with Crippen molar-refractivity contribution in [3.63, 3.8) is 0 Å². The van der Waals surface area contributed by atoms with Crippen molar-refractivity contribution in [2.45, 2.75) is 39.3 Å². The number of hydrogen-bond acceptors (Lipinski definition) is 5. The van der Waals surface area contributed by atoms with E-state index in [0.717, 1.165) is 44.0 Å². The van der Waals surface area contributed by atoms with E-state index in [1.54, 1.807) is 13.0 Å². The highest BCUT2D eigenvalue weighted by Crippen LogP contribution is 2.13. The Balaban J connectivity index is 1.86. The molecule has 2 rings (SSSR count). The molecule has 6 heteroatoms. The lowest BCUT2D eigenvalue weighted by molar-refractivity contribution is -0.119. The molecular formula is C13H21N5O. The zero-order chi connectivity index (χ0) is 13.8. The number of carbonyl (C=O) groups excluding carboxylic acids is 1. The number of nitrogens with zero attached hydrogens (tertiary/aromatic N) is 3. The quantitative estimate of drug-likeness (QED) is 0.828. The molecule has 0 aromatic carbocycles. The van der Waals surface area contributed by atoms with E-state index in [1.807, 2.05) is 6.92 Å². The number of anilines is 1.